The van der Waals surface area contributed by atoms with Crippen molar-refractivity contribution in [2.24, 2.45) is 4.99 Å². The van der Waals surface area contributed by atoms with Crippen molar-refractivity contribution in [3.63, 3.8) is 0 Å². The fourth-order valence-electron chi connectivity index (χ4n) is 3.83. The molecule has 0 saturated heterocycles. The predicted octanol–water partition coefficient (Wildman–Crippen LogP) is 4.81. The van der Waals surface area contributed by atoms with E-state index < -0.39 is 10.0 Å². The Morgan fingerprint density at radius 1 is 1.03 bits per heavy atom. The molecule has 0 spiro atoms. The Kier molecular flexibility index (Phi) is 7.28. The number of aromatic hydroxyl groups is 1. The van der Waals surface area contributed by atoms with E-state index in [-0.39, 0.29) is 12.4 Å². The van der Waals surface area contributed by atoms with Gasteiger partial charge in [0.25, 0.3) is 0 Å². The molecule has 9 heteroatoms. The number of benzene rings is 3. The zero-order valence-corrected chi connectivity index (χ0v) is 21.3. The molecule has 0 amide bonds. The van der Waals surface area contributed by atoms with Crippen molar-refractivity contribution >= 4 is 43.9 Å². The number of nitrogens with one attached hydrogen (secondary N) is 2. The molecule has 4 aromatic rings. The highest BCUT2D eigenvalue weighted by Crippen LogP contribution is 2.33. The molecule has 1 heterocycles. The average Bonchev–Trinajstić information content (AvgIpc) is 3.11. The van der Waals surface area contributed by atoms with E-state index in [0.29, 0.717) is 21.8 Å². The van der Waals surface area contributed by atoms with Crippen LogP contribution in [0.5, 0.6) is 5.88 Å². The molecular weight excluding hydrogens is 484 g/mol. The molecule has 182 valence electrons. The molecule has 0 saturated carbocycles. The highest BCUT2D eigenvalue weighted by molar-refractivity contribution is 7.88. The fraction of sp³-hybridized carbons (Fsp3) is 0.192. The van der Waals surface area contributed by atoms with Gasteiger partial charge in [-0.25, -0.2) is 18.1 Å². The second-order valence-corrected chi connectivity index (χ2v) is 11.0. The van der Waals surface area contributed by atoms with E-state index in [9.17, 15) is 13.5 Å². The smallest absolute Gasteiger partial charge is 0.209 e. The SMILES string of the molecule is CN(C)Cc1ccc(N=C(c2ccc(CNS(C)(=O)=O)cc2)c2c(O)[nH]c3cc(Cl)ccc23)cc1. The van der Waals surface area contributed by atoms with E-state index in [1.54, 1.807) is 12.1 Å². The van der Waals surface area contributed by atoms with Crippen molar-refractivity contribution < 1.29 is 13.5 Å². The highest BCUT2D eigenvalue weighted by atomic mass is 35.5. The van der Waals surface area contributed by atoms with Crippen molar-refractivity contribution in [1.29, 1.82) is 0 Å². The molecule has 4 rings (SSSR count). The van der Waals surface area contributed by atoms with Crippen LogP contribution in [-0.4, -0.2) is 49.5 Å². The number of aromatic nitrogens is 1. The maximum absolute atomic E-state index is 11.4. The first kappa shape index (κ1) is 24.9. The zero-order valence-electron chi connectivity index (χ0n) is 19.7. The summed E-state index contributed by atoms with van der Waals surface area (Å²) in [6.07, 6.45) is 1.13. The third-order valence-corrected chi connectivity index (χ3v) is 6.32. The summed E-state index contributed by atoms with van der Waals surface area (Å²) in [4.78, 5) is 10.0. The molecule has 0 aliphatic heterocycles. The van der Waals surface area contributed by atoms with E-state index in [2.05, 4.69) is 14.6 Å². The van der Waals surface area contributed by atoms with Gasteiger partial charge in [-0.2, -0.15) is 0 Å². The lowest BCUT2D eigenvalue weighted by Gasteiger charge is -2.11. The van der Waals surface area contributed by atoms with Crippen LogP contribution >= 0.6 is 11.6 Å². The van der Waals surface area contributed by atoms with Gasteiger partial charge in [0.05, 0.1) is 28.7 Å². The van der Waals surface area contributed by atoms with Crippen molar-refractivity contribution in [1.82, 2.24) is 14.6 Å². The predicted molar refractivity (Wildman–Crippen MR) is 142 cm³/mol. The first-order chi connectivity index (χ1) is 16.6. The summed E-state index contributed by atoms with van der Waals surface area (Å²) in [6.45, 7) is 1.01. The summed E-state index contributed by atoms with van der Waals surface area (Å²) in [5.41, 5.74) is 5.34. The number of aliphatic imine (C=N–C) groups is 1. The van der Waals surface area contributed by atoms with Crippen LogP contribution in [0.4, 0.5) is 5.69 Å². The summed E-state index contributed by atoms with van der Waals surface area (Å²) in [5.74, 6) is -0.00642. The van der Waals surface area contributed by atoms with Crippen molar-refractivity contribution in [2.45, 2.75) is 13.1 Å². The Bertz CT molecular complexity index is 1480. The minimum atomic E-state index is -3.29. The molecule has 0 bridgehead atoms. The molecule has 0 aliphatic rings. The number of aromatic amines is 1. The van der Waals surface area contributed by atoms with Gasteiger partial charge in [0.2, 0.25) is 10.0 Å². The van der Waals surface area contributed by atoms with E-state index in [0.717, 1.165) is 35.0 Å². The molecule has 0 radical (unpaired) electrons. The molecule has 1 aromatic heterocycles. The van der Waals surface area contributed by atoms with Crippen LogP contribution in [0, 0.1) is 0 Å². The molecule has 3 N–H and O–H groups in total. The molecule has 3 aromatic carbocycles. The molecule has 0 aliphatic carbocycles. The van der Waals surface area contributed by atoms with Gasteiger partial charge in [-0.05, 0) is 49.5 Å². The van der Waals surface area contributed by atoms with Gasteiger partial charge in [-0.15, -0.1) is 0 Å². The minimum Gasteiger partial charge on any atom is -0.494 e. The van der Waals surface area contributed by atoms with Crippen LogP contribution in [0.25, 0.3) is 10.9 Å². The number of hydrogen-bond acceptors (Lipinski definition) is 5. The Morgan fingerprint density at radius 2 is 1.69 bits per heavy atom. The normalized spacial score (nSPS) is 12.5. The van der Waals surface area contributed by atoms with Crippen LogP contribution in [0.1, 0.15) is 22.3 Å². The third-order valence-electron chi connectivity index (χ3n) is 5.42. The molecular formula is C26H27ClN4O3S. The standard InChI is InChI=1S/C26H27ClN4O3S/c1-31(2)16-18-6-11-21(12-7-18)29-25(19-8-4-17(5-9-19)15-28-35(3,33)34)24-22-13-10-20(27)14-23(22)30-26(24)32/h4-14,28,30,32H,15-16H2,1-3H3. The topological polar surface area (TPSA) is 97.8 Å². The summed E-state index contributed by atoms with van der Waals surface area (Å²) >= 11 is 6.15. The number of hydrogen-bond donors (Lipinski definition) is 3. The lowest BCUT2D eigenvalue weighted by atomic mass is 9.99. The molecule has 35 heavy (non-hydrogen) atoms. The summed E-state index contributed by atoms with van der Waals surface area (Å²) in [5, 5.41) is 12.2. The van der Waals surface area contributed by atoms with E-state index in [1.165, 1.54) is 5.56 Å². The van der Waals surface area contributed by atoms with Gasteiger partial charge in [0.1, 0.15) is 0 Å². The average molecular weight is 511 g/mol. The van der Waals surface area contributed by atoms with Crippen molar-refractivity contribution in [2.75, 3.05) is 20.4 Å². The Labute approximate surface area is 210 Å². The summed E-state index contributed by atoms with van der Waals surface area (Å²) in [7, 11) is 0.744. The van der Waals surface area contributed by atoms with Gasteiger partial charge in [0.15, 0.2) is 5.88 Å². The maximum atomic E-state index is 11.4. The van der Waals surface area contributed by atoms with Gasteiger partial charge >= 0.3 is 0 Å². The molecule has 0 unspecified atom stereocenters. The quantitative estimate of drug-likeness (QED) is 0.296. The Morgan fingerprint density at radius 3 is 2.31 bits per heavy atom. The van der Waals surface area contributed by atoms with Gasteiger partial charge < -0.3 is 15.0 Å². The van der Waals surface area contributed by atoms with Crippen molar-refractivity contribution in [3.8, 4) is 5.88 Å². The van der Waals surface area contributed by atoms with Crippen LogP contribution in [-0.2, 0) is 23.1 Å². The fourth-order valence-corrected chi connectivity index (χ4v) is 4.43. The lowest BCUT2D eigenvalue weighted by Crippen LogP contribution is -2.21. The number of rotatable bonds is 8. The monoisotopic (exact) mass is 510 g/mol. The number of sulfonamides is 1. The summed E-state index contributed by atoms with van der Waals surface area (Å²) < 4.78 is 25.4. The van der Waals surface area contributed by atoms with Gasteiger partial charge in [0, 0.05) is 29.1 Å². The van der Waals surface area contributed by atoms with E-state index in [1.807, 2.05) is 68.7 Å². The number of fused-ring (bicyclic) bond motifs is 1. The van der Waals surface area contributed by atoms with Crippen LogP contribution in [0.2, 0.25) is 5.02 Å². The third kappa shape index (κ3) is 6.29. The van der Waals surface area contributed by atoms with E-state index >= 15 is 0 Å². The molecule has 7 nitrogen and oxygen atoms in total. The Balaban J connectivity index is 1.79. The van der Waals surface area contributed by atoms with Crippen LogP contribution < -0.4 is 4.72 Å². The Hall–Kier alpha value is -3.17. The first-order valence-corrected chi connectivity index (χ1v) is 13.2. The molecule has 0 atom stereocenters. The second kappa shape index (κ2) is 10.2. The lowest BCUT2D eigenvalue weighted by molar-refractivity contribution is 0.402. The van der Waals surface area contributed by atoms with Crippen LogP contribution in [0.15, 0.2) is 71.7 Å². The zero-order chi connectivity index (χ0) is 25.2. The first-order valence-electron chi connectivity index (χ1n) is 11.0. The van der Waals surface area contributed by atoms with E-state index in [4.69, 9.17) is 16.6 Å². The number of nitrogens with zero attached hydrogens (tertiary/aromatic N) is 2. The second-order valence-electron chi connectivity index (χ2n) is 8.69. The molecule has 0 fully saturated rings. The number of H-pyrrole nitrogens is 1. The van der Waals surface area contributed by atoms with Crippen LogP contribution in [0.3, 0.4) is 0 Å². The summed E-state index contributed by atoms with van der Waals surface area (Å²) in [6, 6.07) is 20.8. The largest absolute Gasteiger partial charge is 0.494 e. The van der Waals surface area contributed by atoms with Gasteiger partial charge in [-0.3, -0.25) is 0 Å². The number of halogens is 1. The minimum absolute atomic E-state index is 0.00642. The maximum Gasteiger partial charge on any atom is 0.209 e. The van der Waals surface area contributed by atoms with Gasteiger partial charge in [-0.1, -0.05) is 54.1 Å². The highest BCUT2D eigenvalue weighted by Gasteiger charge is 2.19. The van der Waals surface area contributed by atoms with Crippen molar-refractivity contribution in [3.05, 3.63) is 94.0 Å².